The molecule has 4 nitrogen and oxygen atoms in total. The van der Waals surface area contributed by atoms with Gasteiger partial charge >= 0.3 is 0 Å². The van der Waals surface area contributed by atoms with Crippen LogP contribution in [0.4, 0.5) is 0 Å². The molecule has 0 unspecified atom stereocenters. The molecule has 108 valence electrons. The van der Waals surface area contributed by atoms with E-state index < -0.39 is 0 Å². The molecule has 0 fully saturated rings. The first kappa shape index (κ1) is 15.9. The Hall–Kier alpha value is -1.13. The fraction of sp³-hybridized carbons (Fsp3) is 0.667. The summed E-state index contributed by atoms with van der Waals surface area (Å²) in [7, 11) is 1.73. The zero-order valence-electron chi connectivity index (χ0n) is 12.6. The van der Waals surface area contributed by atoms with Crippen molar-refractivity contribution in [1.29, 1.82) is 0 Å². The van der Waals surface area contributed by atoms with Gasteiger partial charge in [0.05, 0.1) is 24.8 Å². The van der Waals surface area contributed by atoms with Crippen LogP contribution in [0, 0.1) is 5.92 Å². The van der Waals surface area contributed by atoms with Crippen molar-refractivity contribution in [2.24, 2.45) is 5.92 Å². The number of hydrogen-bond donors (Lipinski definition) is 1. The molecule has 0 saturated heterocycles. The topological polar surface area (TPSA) is 39.1 Å². The minimum Gasteiger partial charge on any atom is -0.383 e. The summed E-state index contributed by atoms with van der Waals surface area (Å²) in [6.07, 6.45) is 7.23. The number of nitrogens with zero attached hydrogens (tertiary/aromatic N) is 2. The third kappa shape index (κ3) is 5.57. The maximum Gasteiger partial charge on any atom is 0.0950 e. The van der Waals surface area contributed by atoms with Gasteiger partial charge in [-0.2, -0.15) is 0 Å². The second-order valence-corrected chi connectivity index (χ2v) is 5.06. The number of rotatable bonds is 9. The van der Waals surface area contributed by atoms with Crippen molar-refractivity contribution < 1.29 is 4.74 Å². The van der Waals surface area contributed by atoms with Crippen LogP contribution < -0.4 is 5.32 Å². The van der Waals surface area contributed by atoms with Crippen molar-refractivity contribution in [2.45, 2.75) is 33.7 Å². The maximum atomic E-state index is 5.04. The molecule has 0 spiro atoms. The molecule has 0 saturated carbocycles. The number of nitrogens with one attached hydrogen (secondary N) is 1. The molecule has 0 aliphatic heterocycles. The summed E-state index contributed by atoms with van der Waals surface area (Å²) >= 11 is 0. The Labute approximate surface area is 116 Å². The summed E-state index contributed by atoms with van der Waals surface area (Å²) in [5.41, 5.74) is 2.59. The van der Waals surface area contributed by atoms with Crippen LogP contribution in [0.1, 0.15) is 32.9 Å². The van der Waals surface area contributed by atoms with E-state index in [-0.39, 0.29) is 0 Å². The average molecular weight is 265 g/mol. The van der Waals surface area contributed by atoms with E-state index in [9.17, 15) is 0 Å². The van der Waals surface area contributed by atoms with Gasteiger partial charge in [-0.15, -0.1) is 0 Å². The summed E-state index contributed by atoms with van der Waals surface area (Å²) in [6.45, 7) is 10.2. The van der Waals surface area contributed by atoms with E-state index in [1.807, 2.05) is 12.5 Å². The predicted octanol–water partition coefficient (Wildman–Crippen LogP) is 2.57. The number of imidazole rings is 1. The molecular formula is C15H27N3O. The summed E-state index contributed by atoms with van der Waals surface area (Å²) in [4.78, 5) is 4.24. The lowest BCUT2D eigenvalue weighted by molar-refractivity contribution is 0.200. The number of methoxy groups -OCH3 is 1. The monoisotopic (exact) mass is 265 g/mol. The van der Waals surface area contributed by atoms with Gasteiger partial charge < -0.3 is 14.6 Å². The fourth-order valence-corrected chi connectivity index (χ4v) is 1.90. The summed E-state index contributed by atoms with van der Waals surface area (Å²) in [5.74, 6) is 0.528. The lowest BCUT2D eigenvalue weighted by Crippen LogP contribution is -2.23. The van der Waals surface area contributed by atoms with E-state index >= 15 is 0 Å². The predicted molar refractivity (Wildman–Crippen MR) is 80.1 cm³/mol. The van der Waals surface area contributed by atoms with Gasteiger partial charge in [-0.3, -0.25) is 0 Å². The van der Waals surface area contributed by atoms with E-state index in [2.05, 4.69) is 41.7 Å². The van der Waals surface area contributed by atoms with Crippen molar-refractivity contribution in [3.8, 4) is 0 Å². The Morgan fingerprint density at radius 1 is 1.53 bits per heavy atom. The van der Waals surface area contributed by atoms with Crippen molar-refractivity contribution in [1.82, 2.24) is 14.9 Å². The van der Waals surface area contributed by atoms with Crippen LogP contribution in [0.15, 0.2) is 18.1 Å². The molecule has 1 aromatic heterocycles. The SMILES string of the molecule is CCCn1cncc1C=C(CNCCOC)C(C)C. The molecule has 0 radical (unpaired) electrons. The zero-order chi connectivity index (χ0) is 14.1. The summed E-state index contributed by atoms with van der Waals surface area (Å²) < 4.78 is 7.25. The van der Waals surface area contributed by atoms with Crippen molar-refractivity contribution >= 4 is 6.08 Å². The van der Waals surface area contributed by atoms with E-state index in [0.29, 0.717) is 5.92 Å². The van der Waals surface area contributed by atoms with Gasteiger partial charge in [-0.25, -0.2) is 4.98 Å². The van der Waals surface area contributed by atoms with Gasteiger partial charge in [0.1, 0.15) is 0 Å². The van der Waals surface area contributed by atoms with Gasteiger partial charge in [0.25, 0.3) is 0 Å². The summed E-state index contributed by atoms with van der Waals surface area (Å²) in [5, 5.41) is 3.41. The standard InChI is InChI=1S/C15H27N3O/c1-5-7-18-12-17-11-15(18)9-14(13(2)3)10-16-6-8-19-4/h9,11-13,16H,5-8,10H2,1-4H3. The van der Waals surface area contributed by atoms with Gasteiger partial charge in [0.15, 0.2) is 0 Å². The molecular weight excluding hydrogens is 238 g/mol. The Bertz CT molecular complexity index is 382. The second kappa shape index (κ2) is 8.88. The molecule has 0 bridgehead atoms. The highest BCUT2D eigenvalue weighted by atomic mass is 16.5. The molecule has 4 heteroatoms. The van der Waals surface area contributed by atoms with Crippen LogP contribution in [-0.2, 0) is 11.3 Å². The smallest absolute Gasteiger partial charge is 0.0950 e. The van der Waals surface area contributed by atoms with Gasteiger partial charge in [0.2, 0.25) is 0 Å². The van der Waals surface area contributed by atoms with Crippen molar-refractivity contribution in [3.05, 3.63) is 23.8 Å². The third-order valence-electron chi connectivity index (χ3n) is 3.10. The average Bonchev–Trinajstić information content (AvgIpc) is 2.81. The van der Waals surface area contributed by atoms with Gasteiger partial charge in [-0.05, 0) is 18.4 Å². The maximum absolute atomic E-state index is 5.04. The number of ether oxygens (including phenoxy) is 1. The summed E-state index contributed by atoms with van der Waals surface area (Å²) in [6, 6.07) is 0. The minimum atomic E-state index is 0.528. The van der Waals surface area contributed by atoms with Crippen LogP contribution in [0.25, 0.3) is 6.08 Å². The highest BCUT2D eigenvalue weighted by Crippen LogP contribution is 2.14. The van der Waals surface area contributed by atoms with Crippen LogP contribution >= 0.6 is 0 Å². The van der Waals surface area contributed by atoms with Gasteiger partial charge in [0, 0.05) is 26.7 Å². The van der Waals surface area contributed by atoms with E-state index in [0.717, 1.165) is 32.7 Å². The first-order valence-electron chi connectivity index (χ1n) is 7.09. The molecule has 0 aliphatic rings. The van der Waals surface area contributed by atoms with Crippen LogP contribution in [0.5, 0.6) is 0 Å². The number of hydrogen-bond acceptors (Lipinski definition) is 3. The fourth-order valence-electron chi connectivity index (χ4n) is 1.90. The van der Waals surface area contributed by atoms with E-state index in [1.54, 1.807) is 7.11 Å². The van der Waals surface area contributed by atoms with Crippen molar-refractivity contribution in [2.75, 3.05) is 26.8 Å². The first-order chi connectivity index (χ1) is 9.19. The quantitative estimate of drug-likeness (QED) is 0.698. The molecule has 19 heavy (non-hydrogen) atoms. The van der Waals surface area contributed by atoms with E-state index in [4.69, 9.17) is 4.74 Å². The van der Waals surface area contributed by atoms with Crippen LogP contribution in [0.2, 0.25) is 0 Å². The highest BCUT2D eigenvalue weighted by Gasteiger charge is 2.05. The number of aryl methyl sites for hydroxylation is 1. The molecule has 1 aromatic rings. The van der Waals surface area contributed by atoms with Gasteiger partial charge in [-0.1, -0.05) is 26.3 Å². The molecule has 0 atom stereocenters. The Morgan fingerprint density at radius 2 is 2.32 bits per heavy atom. The Balaban J connectivity index is 2.68. The highest BCUT2D eigenvalue weighted by molar-refractivity contribution is 5.49. The molecule has 1 N–H and O–H groups in total. The molecule has 0 amide bonds. The normalized spacial score (nSPS) is 12.4. The minimum absolute atomic E-state index is 0.528. The van der Waals surface area contributed by atoms with E-state index in [1.165, 1.54) is 11.3 Å². The molecule has 0 aromatic carbocycles. The molecule has 1 heterocycles. The largest absolute Gasteiger partial charge is 0.383 e. The second-order valence-electron chi connectivity index (χ2n) is 5.06. The lowest BCUT2D eigenvalue weighted by atomic mass is 10.0. The van der Waals surface area contributed by atoms with Crippen LogP contribution in [0.3, 0.4) is 0 Å². The Kier molecular flexibility index (Phi) is 7.45. The lowest BCUT2D eigenvalue weighted by Gasteiger charge is -2.13. The third-order valence-corrected chi connectivity index (χ3v) is 3.10. The number of aromatic nitrogens is 2. The van der Waals surface area contributed by atoms with Crippen molar-refractivity contribution in [3.63, 3.8) is 0 Å². The first-order valence-corrected chi connectivity index (χ1v) is 7.09. The molecule has 1 rings (SSSR count). The van der Waals surface area contributed by atoms with Crippen LogP contribution in [-0.4, -0.2) is 36.4 Å². The zero-order valence-corrected chi connectivity index (χ0v) is 12.6. The Morgan fingerprint density at radius 3 is 2.95 bits per heavy atom. The molecule has 0 aliphatic carbocycles.